The highest BCUT2D eigenvalue weighted by atomic mass is 16.5. The summed E-state index contributed by atoms with van der Waals surface area (Å²) < 4.78 is 10.4. The third kappa shape index (κ3) is 3.14. The van der Waals surface area contributed by atoms with E-state index in [0.717, 1.165) is 41.6 Å². The Bertz CT molecular complexity index is 947. The Morgan fingerprint density at radius 1 is 1.31 bits per heavy atom. The summed E-state index contributed by atoms with van der Waals surface area (Å²) in [6.45, 7) is 1.92. The summed E-state index contributed by atoms with van der Waals surface area (Å²) in [7, 11) is 1.65. The number of methoxy groups -OCH3 is 1. The second-order valence-corrected chi connectivity index (χ2v) is 6.68. The number of esters is 1. The van der Waals surface area contributed by atoms with Gasteiger partial charge in [-0.1, -0.05) is 0 Å². The first-order valence-electron chi connectivity index (χ1n) is 8.78. The maximum Gasteiger partial charge on any atom is 0.302 e. The van der Waals surface area contributed by atoms with Gasteiger partial charge < -0.3 is 14.5 Å². The molecule has 2 heterocycles. The fraction of sp³-hybridized carbons (Fsp3) is 0.350. The van der Waals surface area contributed by atoms with E-state index >= 15 is 0 Å². The molecule has 26 heavy (non-hydrogen) atoms. The van der Waals surface area contributed by atoms with Crippen molar-refractivity contribution in [2.45, 2.75) is 26.2 Å². The fourth-order valence-corrected chi connectivity index (χ4v) is 3.51. The van der Waals surface area contributed by atoms with Gasteiger partial charge in [-0.05, 0) is 55.0 Å². The highest BCUT2D eigenvalue weighted by Crippen LogP contribution is 2.32. The van der Waals surface area contributed by atoms with Crippen LogP contribution in [0.3, 0.4) is 0 Å². The van der Waals surface area contributed by atoms with E-state index in [1.807, 2.05) is 30.5 Å². The Kier molecular flexibility index (Phi) is 4.32. The Hall–Kier alpha value is -2.89. The molecule has 6 nitrogen and oxygen atoms in total. The largest absolute Gasteiger partial charge is 0.497 e. The van der Waals surface area contributed by atoms with Gasteiger partial charge in [0.2, 0.25) is 0 Å². The lowest BCUT2D eigenvalue weighted by Gasteiger charge is -2.21. The molecule has 0 radical (unpaired) electrons. The van der Waals surface area contributed by atoms with Gasteiger partial charge >= 0.3 is 5.97 Å². The van der Waals surface area contributed by atoms with Gasteiger partial charge in [0.15, 0.2) is 5.82 Å². The molecule has 1 atom stereocenters. The highest BCUT2D eigenvalue weighted by Gasteiger charge is 2.24. The van der Waals surface area contributed by atoms with Crippen molar-refractivity contribution in [1.82, 2.24) is 15.0 Å². The average molecular weight is 351 g/mol. The number of aromatic amines is 1. The number of carbonyl (C=O) groups is 1. The third-order valence-electron chi connectivity index (χ3n) is 4.89. The van der Waals surface area contributed by atoms with Gasteiger partial charge in [0.25, 0.3) is 0 Å². The fourth-order valence-electron chi connectivity index (χ4n) is 3.51. The molecule has 1 N–H and O–H groups in total. The first-order valence-corrected chi connectivity index (χ1v) is 8.78. The van der Waals surface area contributed by atoms with E-state index in [9.17, 15) is 4.79 Å². The zero-order valence-corrected chi connectivity index (χ0v) is 14.9. The van der Waals surface area contributed by atoms with Crippen LogP contribution in [0, 0.1) is 5.92 Å². The molecule has 0 spiro atoms. The molecule has 0 amide bonds. The van der Waals surface area contributed by atoms with Gasteiger partial charge in [0.1, 0.15) is 5.75 Å². The van der Waals surface area contributed by atoms with Crippen molar-refractivity contribution in [3.8, 4) is 17.1 Å². The van der Waals surface area contributed by atoms with Crippen molar-refractivity contribution < 1.29 is 14.3 Å². The summed E-state index contributed by atoms with van der Waals surface area (Å²) in [4.78, 5) is 23.8. The van der Waals surface area contributed by atoms with Crippen molar-refractivity contribution >= 4 is 17.0 Å². The zero-order valence-electron chi connectivity index (χ0n) is 14.9. The number of aromatic nitrogens is 3. The van der Waals surface area contributed by atoms with Crippen LogP contribution in [-0.4, -0.2) is 34.6 Å². The van der Waals surface area contributed by atoms with Gasteiger partial charge in [0, 0.05) is 18.2 Å². The molecule has 2 aromatic heterocycles. The van der Waals surface area contributed by atoms with Crippen LogP contribution in [0.25, 0.3) is 22.4 Å². The van der Waals surface area contributed by atoms with Crippen LogP contribution in [0.1, 0.15) is 24.6 Å². The first kappa shape index (κ1) is 16.6. The van der Waals surface area contributed by atoms with Gasteiger partial charge in [-0.25, -0.2) is 9.97 Å². The lowest BCUT2D eigenvalue weighted by atomic mass is 9.88. The minimum Gasteiger partial charge on any atom is -0.497 e. The Morgan fingerprint density at radius 2 is 2.12 bits per heavy atom. The molecule has 1 aliphatic carbocycles. The van der Waals surface area contributed by atoms with Crippen LogP contribution in [0.5, 0.6) is 5.75 Å². The van der Waals surface area contributed by atoms with E-state index < -0.39 is 0 Å². The molecule has 0 saturated heterocycles. The van der Waals surface area contributed by atoms with Gasteiger partial charge in [0.05, 0.1) is 30.9 Å². The minimum atomic E-state index is -0.223. The number of fused-ring (bicyclic) bond motifs is 3. The van der Waals surface area contributed by atoms with Gasteiger partial charge in [-0.15, -0.1) is 0 Å². The van der Waals surface area contributed by atoms with Crippen LogP contribution in [0.15, 0.2) is 30.5 Å². The number of nitrogens with one attached hydrogen (secondary N) is 1. The summed E-state index contributed by atoms with van der Waals surface area (Å²) >= 11 is 0. The van der Waals surface area contributed by atoms with Crippen molar-refractivity contribution in [2.75, 3.05) is 13.7 Å². The average Bonchev–Trinajstić information content (AvgIpc) is 3.03. The van der Waals surface area contributed by atoms with E-state index in [1.54, 1.807) is 7.11 Å². The molecule has 1 unspecified atom stereocenters. The molecule has 6 heteroatoms. The number of hydrogen-bond acceptors (Lipinski definition) is 5. The number of rotatable bonds is 4. The molecular weight excluding hydrogens is 330 g/mol. The third-order valence-corrected chi connectivity index (χ3v) is 4.89. The summed E-state index contributed by atoms with van der Waals surface area (Å²) in [5, 5.41) is 0. The Balaban J connectivity index is 1.65. The van der Waals surface area contributed by atoms with Crippen LogP contribution in [-0.2, 0) is 22.4 Å². The van der Waals surface area contributed by atoms with Crippen molar-refractivity contribution in [3.63, 3.8) is 0 Å². The molecule has 0 bridgehead atoms. The number of aryl methyl sites for hydroxylation is 1. The topological polar surface area (TPSA) is 77.1 Å². The number of hydrogen-bond donors (Lipinski definition) is 1. The molecule has 3 aromatic rings. The van der Waals surface area contributed by atoms with Crippen LogP contribution in [0.2, 0.25) is 0 Å². The van der Waals surface area contributed by atoms with E-state index in [1.165, 1.54) is 18.2 Å². The lowest BCUT2D eigenvalue weighted by molar-refractivity contribution is -0.142. The first-order chi connectivity index (χ1) is 12.6. The van der Waals surface area contributed by atoms with Crippen molar-refractivity contribution in [3.05, 3.63) is 41.7 Å². The van der Waals surface area contributed by atoms with Crippen molar-refractivity contribution in [2.24, 2.45) is 5.92 Å². The second-order valence-electron chi connectivity index (χ2n) is 6.68. The molecule has 0 aliphatic heterocycles. The number of ether oxygens (including phenoxy) is 2. The molecule has 0 saturated carbocycles. The lowest BCUT2D eigenvalue weighted by Crippen LogP contribution is -2.20. The monoisotopic (exact) mass is 351 g/mol. The molecule has 4 rings (SSSR count). The SMILES string of the molecule is COc1ccc(-c2ncc3[nH]c4c(c3n2)CC(COC(C)=O)CC4)cc1. The standard InChI is InChI=1S/C20H21N3O3/c1-12(24)26-11-13-3-8-17-16(9-13)19-18(22-17)10-21-20(23-19)14-4-6-15(25-2)7-5-14/h4-7,10,13,22H,3,8-9,11H2,1-2H3. The number of carbonyl (C=O) groups excluding carboxylic acids is 1. The molecule has 0 fully saturated rings. The number of nitrogens with zero attached hydrogens (tertiary/aromatic N) is 2. The van der Waals surface area contributed by atoms with Crippen LogP contribution >= 0.6 is 0 Å². The quantitative estimate of drug-likeness (QED) is 0.730. The minimum absolute atomic E-state index is 0.223. The second kappa shape index (κ2) is 6.78. The zero-order chi connectivity index (χ0) is 18.1. The number of benzene rings is 1. The smallest absolute Gasteiger partial charge is 0.302 e. The molecular formula is C20H21N3O3. The predicted molar refractivity (Wildman–Crippen MR) is 98.0 cm³/mol. The van der Waals surface area contributed by atoms with Gasteiger partial charge in [-0.3, -0.25) is 4.79 Å². The summed E-state index contributed by atoms with van der Waals surface area (Å²) in [5.41, 5.74) is 5.32. The van der Waals surface area contributed by atoms with Crippen LogP contribution in [0.4, 0.5) is 0 Å². The molecule has 134 valence electrons. The van der Waals surface area contributed by atoms with E-state index in [4.69, 9.17) is 14.5 Å². The highest BCUT2D eigenvalue weighted by molar-refractivity contribution is 5.82. The maximum atomic E-state index is 11.1. The van der Waals surface area contributed by atoms with E-state index in [0.29, 0.717) is 18.3 Å². The summed E-state index contributed by atoms with van der Waals surface area (Å²) in [6, 6.07) is 7.74. The Labute approximate surface area is 151 Å². The molecule has 1 aromatic carbocycles. The maximum absolute atomic E-state index is 11.1. The predicted octanol–water partition coefficient (Wildman–Crippen LogP) is 3.30. The Morgan fingerprint density at radius 3 is 2.85 bits per heavy atom. The van der Waals surface area contributed by atoms with E-state index in [-0.39, 0.29) is 5.97 Å². The number of H-pyrrole nitrogens is 1. The molecule has 1 aliphatic rings. The summed E-state index contributed by atoms with van der Waals surface area (Å²) in [6.07, 6.45) is 4.66. The van der Waals surface area contributed by atoms with Crippen LogP contribution < -0.4 is 4.74 Å². The normalized spacial score (nSPS) is 16.3. The summed E-state index contributed by atoms with van der Waals surface area (Å²) in [5.74, 6) is 1.62. The van der Waals surface area contributed by atoms with Gasteiger partial charge in [-0.2, -0.15) is 0 Å². The van der Waals surface area contributed by atoms with Crippen molar-refractivity contribution in [1.29, 1.82) is 0 Å². The van der Waals surface area contributed by atoms with E-state index in [2.05, 4.69) is 9.97 Å².